The van der Waals surface area contributed by atoms with Crippen molar-refractivity contribution in [2.24, 2.45) is 0 Å². The van der Waals surface area contributed by atoms with E-state index in [0.717, 1.165) is 5.56 Å². The van der Waals surface area contributed by atoms with Crippen LogP contribution >= 0.6 is 11.6 Å². The topological polar surface area (TPSA) is 55.4 Å². The molecule has 29 heavy (non-hydrogen) atoms. The third-order valence-electron chi connectivity index (χ3n) is 4.23. The molecular formula is C24H20ClNO3. The molecule has 0 atom stereocenters. The highest BCUT2D eigenvalue weighted by atomic mass is 35.5. The van der Waals surface area contributed by atoms with E-state index in [-0.39, 0.29) is 18.3 Å². The molecule has 0 unspecified atom stereocenters. The zero-order chi connectivity index (χ0) is 20.6. The van der Waals surface area contributed by atoms with Gasteiger partial charge in [0.05, 0.1) is 5.69 Å². The largest absolute Gasteiger partial charge is 0.483 e. The van der Waals surface area contributed by atoms with Crippen molar-refractivity contribution in [3.05, 3.63) is 107 Å². The summed E-state index contributed by atoms with van der Waals surface area (Å²) in [6.45, 7) is 3.54. The monoisotopic (exact) mass is 405 g/mol. The molecule has 4 nitrogen and oxygen atoms in total. The first-order valence-electron chi connectivity index (χ1n) is 9.09. The van der Waals surface area contributed by atoms with Gasteiger partial charge < -0.3 is 10.1 Å². The molecule has 0 fully saturated rings. The van der Waals surface area contributed by atoms with Gasteiger partial charge in [-0.1, -0.05) is 66.2 Å². The third kappa shape index (κ3) is 5.33. The Hall–Kier alpha value is -3.37. The SMILES string of the molecule is C=CCc1ccccc1OCC(=O)Nc1ccc(Cl)cc1C(=O)c1ccccc1. The van der Waals surface area contributed by atoms with Crippen LogP contribution in [0.2, 0.25) is 5.02 Å². The molecule has 146 valence electrons. The molecule has 0 aliphatic rings. The van der Waals surface area contributed by atoms with Crippen molar-refractivity contribution in [1.29, 1.82) is 0 Å². The minimum Gasteiger partial charge on any atom is -0.483 e. The fourth-order valence-electron chi connectivity index (χ4n) is 2.86. The highest BCUT2D eigenvalue weighted by Gasteiger charge is 2.16. The summed E-state index contributed by atoms with van der Waals surface area (Å²) in [6.07, 6.45) is 2.42. The van der Waals surface area contributed by atoms with E-state index in [1.807, 2.05) is 24.3 Å². The van der Waals surface area contributed by atoms with E-state index in [1.54, 1.807) is 54.6 Å². The lowest BCUT2D eigenvalue weighted by molar-refractivity contribution is -0.118. The Morgan fingerprint density at radius 1 is 1.00 bits per heavy atom. The van der Waals surface area contributed by atoms with Crippen LogP contribution in [0, 0.1) is 0 Å². The Labute approximate surface area is 174 Å². The lowest BCUT2D eigenvalue weighted by Crippen LogP contribution is -2.22. The minimum atomic E-state index is -0.372. The minimum absolute atomic E-state index is 0.185. The summed E-state index contributed by atoms with van der Waals surface area (Å²) in [5.41, 5.74) is 2.17. The molecule has 3 aromatic carbocycles. The Morgan fingerprint density at radius 3 is 2.48 bits per heavy atom. The van der Waals surface area contributed by atoms with Crippen LogP contribution in [0.3, 0.4) is 0 Å². The number of allylic oxidation sites excluding steroid dienone is 1. The molecule has 0 heterocycles. The van der Waals surface area contributed by atoms with Crippen molar-refractivity contribution in [3.8, 4) is 5.75 Å². The van der Waals surface area contributed by atoms with Crippen molar-refractivity contribution >= 4 is 29.0 Å². The number of nitrogens with one attached hydrogen (secondary N) is 1. The fourth-order valence-corrected chi connectivity index (χ4v) is 3.03. The molecule has 0 aliphatic heterocycles. The van der Waals surface area contributed by atoms with E-state index in [0.29, 0.717) is 34.0 Å². The second-order valence-electron chi connectivity index (χ2n) is 6.32. The lowest BCUT2D eigenvalue weighted by atomic mass is 10.0. The first-order chi connectivity index (χ1) is 14.1. The molecule has 0 aliphatic carbocycles. The van der Waals surface area contributed by atoms with Crippen LogP contribution in [-0.4, -0.2) is 18.3 Å². The molecule has 0 saturated heterocycles. The van der Waals surface area contributed by atoms with E-state index in [2.05, 4.69) is 11.9 Å². The summed E-state index contributed by atoms with van der Waals surface area (Å²) in [6, 6.07) is 21.1. The maximum atomic E-state index is 12.8. The number of ether oxygens (including phenoxy) is 1. The molecule has 5 heteroatoms. The summed E-state index contributed by atoms with van der Waals surface area (Å²) in [7, 11) is 0. The van der Waals surface area contributed by atoms with Gasteiger partial charge >= 0.3 is 0 Å². The van der Waals surface area contributed by atoms with Gasteiger partial charge in [0.2, 0.25) is 0 Å². The summed E-state index contributed by atoms with van der Waals surface area (Å²) in [5.74, 6) is 0.0303. The molecule has 0 bridgehead atoms. The van der Waals surface area contributed by atoms with E-state index in [1.165, 1.54) is 0 Å². The molecule has 0 aromatic heterocycles. The predicted molar refractivity (Wildman–Crippen MR) is 116 cm³/mol. The van der Waals surface area contributed by atoms with Crippen LogP contribution in [0.1, 0.15) is 21.5 Å². The molecule has 0 radical (unpaired) electrons. The van der Waals surface area contributed by atoms with Gasteiger partial charge in [0.25, 0.3) is 5.91 Å². The molecule has 0 saturated carbocycles. The molecule has 1 amide bonds. The van der Waals surface area contributed by atoms with Gasteiger partial charge in [-0.05, 0) is 36.2 Å². The number of halogens is 1. The normalized spacial score (nSPS) is 10.2. The number of hydrogen-bond acceptors (Lipinski definition) is 3. The fraction of sp³-hybridized carbons (Fsp3) is 0.0833. The van der Waals surface area contributed by atoms with Gasteiger partial charge in [-0.15, -0.1) is 6.58 Å². The zero-order valence-electron chi connectivity index (χ0n) is 15.7. The quantitative estimate of drug-likeness (QED) is 0.407. The van der Waals surface area contributed by atoms with Gasteiger partial charge in [-0.2, -0.15) is 0 Å². The van der Waals surface area contributed by atoms with Crippen LogP contribution in [0.5, 0.6) is 5.75 Å². The molecule has 3 rings (SSSR count). The smallest absolute Gasteiger partial charge is 0.262 e. The number of hydrogen-bond donors (Lipinski definition) is 1. The Kier molecular flexibility index (Phi) is 6.82. The Bertz CT molecular complexity index is 1030. The number of ketones is 1. The summed E-state index contributed by atoms with van der Waals surface area (Å²) >= 11 is 6.08. The first kappa shape index (κ1) is 20.4. The molecule has 1 N–H and O–H groups in total. The summed E-state index contributed by atoms with van der Waals surface area (Å²) < 4.78 is 5.66. The maximum absolute atomic E-state index is 12.8. The van der Waals surface area contributed by atoms with Crippen LogP contribution in [-0.2, 0) is 11.2 Å². The highest BCUT2D eigenvalue weighted by molar-refractivity contribution is 6.31. The lowest BCUT2D eigenvalue weighted by Gasteiger charge is -2.13. The number of amides is 1. The van der Waals surface area contributed by atoms with Gasteiger partial charge in [-0.25, -0.2) is 0 Å². The highest BCUT2D eigenvalue weighted by Crippen LogP contribution is 2.24. The maximum Gasteiger partial charge on any atom is 0.262 e. The van der Waals surface area contributed by atoms with Crippen LogP contribution < -0.4 is 10.1 Å². The number of benzene rings is 3. The van der Waals surface area contributed by atoms with E-state index in [4.69, 9.17) is 16.3 Å². The number of rotatable bonds is 8. The van der Waals surface area contributed by atoms with Crippen molar-refractivity contribution in [2.45, 2.75) is 6.42 Å². The van der Waals surface area contributed by atoms with Crippen molar-refractivity contribution < 1.29 is 14.3 Å². The van der Waals surface area contributed by atoms with Gasteiger partial charge in [0.15, 0.2) is 12.4 Å². The van der Waals surface area contributed by atoms with Crippen LogP contribution in [0.4, 0.5) is 5.69 Å². The number of para-hydroxylation sites is 1. The number of carbonyl (C=O) groups excluding carboxylic acids is 2. The van der Waals surface area contributed by atoms with Crippen LogP contribution in [0.25, 0.3) is 0 Å². The summed E-state index contributed by atoms with van der Waals surface area (Å²) in [5, 5.41) is 3.16. The van der Waals surface area contributed by atoms with Gasteiger partial charge in [0.1, 0.15) is 5.75 Å². The van der Waals surface area contributed by atoms with Crippen molar-refractivity contribution in [3.63, 3.8) is 0 Å². The van der Waals surface area contributed by atoms with Gasteiger partial charge in [0, 0.05) is 16.1 Å². The Morgan fingerprint density at radius 2 is 1.72 bits per heavy atom. The number of carbonyl (C=O) groups is 2. The van der Waals surface area contributed by atoms with Crippen molar-refractivity contribution in [1.82, 2.24) is 0 Å². The molecular weight excluding hydrogens is 386 g/mol. The van der Waals surface area contributed by atoms with Crippen LogP contribution in [0.15, 0.2) is 85.5 Å². The van der Waals surface area contributed by atoms with E-state index < -0.39 is 0 Å². The number of anilines is 1. The predicted octanol–water partition coefficient (Wildman–Crippen LogP) is 5.32. The van der Waals surface area contributed by atoms with E-state index in [9.17, 15) is 9.59 Å². The first-order valence-corrected chi connectivity index (χ1v) is 9.47. The Balaban J connectivity index is 1.74. The third-order valence-corrected chi connectivity index (χ3v) is 4.47. The average molecular weight is 406 g/mol. The summed E-state index contributed by atoms with van der Waals surface area (Å²) in [4.78, 5) is 25.3. The van der Waals surface area contributed by atoms with E-state index >= 15 is 0 Å². The zero-order valence-corrected chi connectivity index (χ0v) is 16.5. The standard InChI is InChI=1S/C24H20ClNO3/c1-2-8-17-9-6-7-12-22(17)29-16-23(27)26-21-14-13-19(25)15-20(21)24(28)18-10-4-3-5-11-18/h2-7,9-15H,1,8,16H2,(H,26,27). The second-order valence-corrected chi connectivity index (χ2v) is 6.76. The average Bonchev–Trinajstić information content (AvgIpc) is 2.75. The molecule has 3 aromatic rings. The van der Waals surface area contributed by atoms with Gasteiger partial charge in [-0.3, -0.25) is 9.59 Å². The second kappa shape index (κ2) is 9.71. The van der Waals surface area contributed by atoms with Crippen molar-refractivity contribution in [2.75, 3.05) is 11.9 Å². The molecule has 0 spiro atoms.